The standard InChI is InChI=1S/C26H31FN6OS/c1-25-8-5-9-26(2,32-25)13-17(12-25)33(3)22-15-29-24(31-30-22)18-7-6-16(10-21(18)34)19-11-23(35-4)28-14-20(19)27/h6-7,10-11,14-15,17,32,34H,5,8-9,12-13H2,1-4H3/t17-,25-,26+. The zero-order valence-electron chi connectivity index (χ0n) is 20.5. The molecule has 4 heterocycles. The third-order valence-electron chi connectivity index (χ3n) is 7.48. The number of pyridine rings is 1. The molecule has 35 heavy (non-hydrogen) atoms. The molecule has 0 aliphatic carbocycles. The Kier molecular flexibility index (Phi) is 6.17. The SMILES string of the molecule is CSc1cc(-c2ccc(-c3ncc(N(C)[C@H]4C[C@]5(C)CCC[C@](C)(C4)N5)nn3)c(O)c2)c(F)cn1. The molecule has 2 bridgehead atoms. The number of benzene rings is 1. The molecule has 1 aromatic carbocycles. The zero-order valence-corrected chi connectivity index (χ0v) is 21.4. The highest BCUT2D eigenvalue weighted by atomic mass is 32.2. The summed E-state index contributed by atoms with van der Waals surface area (Å²) in [6, 6.07) is 6.99. The van der Waals surface area contributed by atoms with Gasteiger partial charge in [-0.1, -0.05) is 6.07 Å². The Balaban J connectivity index is 1.36. The highest BCUT2D eigenvalue weighted by Gasteiger charge is 2.46. The molecule has 7 nitrogen and oxygen atoms in total. The van der Waals surface area contributed by atoms with Gasteiger partial charge in [-0.05, 0) is 76.0 Å². The van der Waals surface area contributed by atoms with Crippen LogP contribution in [0.2, 0.25) is 0 Å². The first-order valence-electron chi connectivity index (χ1n) is 11.9. The first-order chi connectivity index (χ1) is 16.7. The largest absolute Gasteiger partial charge is 0.507 e. The molecule has 0 radical (unpaired) electrons. The van der Waals surface area contributed by atoms with Crippen LogP contribution in [0.1, 0.15) is 46.0 Å². The Morgan fingerprint density at radius 2 is 1.80 bits per heavy atom. The van der Waals surface area contributed by atoms with E-state index in [0.29, 0.717) is 39.4 Å². The number of nitrogens with zero attached hydrogens (tertiary/aromatic N) is 5. The quantitative estimate of drug-likeness (QED) is 0.476. The summed E-state index contributed by atoms with van der Waals surface area (Å²) < 4.78 is 14.3. The number of aromatic nitrogens is 4. The van der Waals surface area contributed by atoms with Gasteiger partial charge in [0, 0.05) is 29.7 Å². The molecule has 9 heteroatoms. The number of halogens is 1. The lowest BCUT2D eigenvalue weighted by atomic mass is 9.69. The number of phenolic OH excluding ortho intramolecular Hbond substituents is 1. The second kappa shape index (κ2) is 9.02. The van der Waals surface area contributed by atoms with Gasteiger partial charge in [0.25, 0.3) is 0 Å². The second-order valence-electron chi connectivity index (χ2n) is 10.4. The number of aromatic hydroxyl groups is 1. The molecule has 2 fully saturated rings. The van der Waals surface area contributed by atoms with Crippen LogP contribution in [0.5, 0.6) is 5.75 Å². The fourth-order valence-electron chi connectivity index (χ4n) is 5.80. The number of fused-ring (bicyclic) bond motifs is 2. The molecule has 0 spiro atoms. The highest BCUT2D eigenvalue weighted by molar-refractivity contribution is 7.98. The molecule has 184 valence electrons. The third-order valence-corrected chi connectivity index (χ3v) is 8.12. The molecule has 3 aromatic rings. The Labute approximate surface area is 209 Å². The van der Waals surface area contributed by atoms with Crippen molar-refractivity contribution < 1.29 is 9.50 Å². The molecule has 2 aromatic heterocycles. The molecule has 2 saturated heterocycles. The normalized spacial score (nSPS) is 25.9. The summed E-state index contributed by atoms with van der Waals surface area (Å²) >= 11 is 1.43. The highest BCUT2D eigenvalue weighted by Crippen LogP contribution is 2.42. The van der Waals surface area contributed by atoms with E-state index >= 15 is 0 Å². The van der Waals surface area contributed by atoms with Gasteiger partial charge in [-0.15, -0.1) is 22.0 Å². The summed E-state index contributed by atoms with van der Waals surface area (Å²) in [6.45, 7) is 4.65. The van der Waals surface area contributed by atoms with E-state index in [4.69, 9.17) is 0 Å². The van der Waals surface area contributed by atoms with Crippen LogP contribution in [-0.2, 0) is 0 Å². The minimum atomic E-state index is -0.440. The van der Waals surface area contributed by atoms with Crippen LogP contribution in [0.25, 0.3) is 22.5 Å². The van der Waals surface area contributed by atoms with Crippen LogP contribution in [-0.4, -0.2) is 55.7 Å². The van der Waals surface area contributed by atoms with Crippen LogP contribution >= 0.6 is 11.8 Å². The van der Waals surface area contributed by atoms with Crippen LogP contribution in [0.3, 0.4) is 0 Å². The Bertz CT molecular complexity index is 1220. The molecule has 5 rings (SSSR count). The number of anilines is 1. The minimum absolute atomic E-state index is 0.0284. The third kappa shape index (κ3) is 4.71. The number of rotatable bonds is 5. The maximum atomic E-state index is 14.3. The van der Waals surface area contributed by atoms with Crippen molar-refractivity contribution in [3.63, 3.8) is 0 Å². The lowest BCUT2D eigenvalue weighted by Crippen LogP contribution is -2.66. The average molecular weight is 495 g/mol. The van der Waals surface area contributed by atoms with Gasteiger partial charge in [0.05, 0.1) is 23.0 Å². The Morgan fingerprint density at radius 3 is 2.43 bits per heavy atom. The maximum absolute atomic E-state index is 14.3. The van der Waals surface area contributed by atoms with Gasteiger partial charge in [0.15, 0.2) is 11.6 Å². The maximum Gasteiger partial charge on any atom is 0.185 e. The number of piperidine rings is 2. The van der Waals surface area contributed by atoms with Crippen LogP contribution < -0.4 is 10.2 Å². The van der Waals surface area contributed by atoms with Crippen LogP contribution in [0.4, 0.5) is 10.2 Å². The number of hydrogen-bond donors (Lipinski definition) is 2. The smallest absolute Gasteiger partial charge is 0.185 e. The number of hydrogen-bond acceptors (Lipinski definition) is 8. The van der Waals surface area contributed by atoms with E-state index in [1.165, 1.54) is 43.3 Å². The van der Waals surface area contributed by atoms with Crippen molar-refractivity contribution in [1.82, 2.24) is 25.5 Å². The van der Waals surface area contributed by atoms with Crippen molar-refractivity contribution in [3.8, 4) is 28.3 Å². The predicted octanol–water partition coefficient (Wildman–Crippen LogP) is 5.06. The van der Waals surface area contributed by atoms with E-state index in [-0.39, 0.29) is 16.8 Å². The summed E-state index contributed by atoms with van der Waals surface area (Å²) in [5.41, 5.74) is 1.68. The fraction of sp³-hybridized carbons (Fsp3) is 0.462. The van der Waals surface area contributed by atoms with E-state index in [0.717, 1.165) is 12.8 Å². The van der Waals surface area contributed by atoms with Crippen molar-refractivity contribution in [2.45, 2.75) is 68.1 Å². The van der Waals surface area contributed by atoms with Gasteiger partial charge >= 0.3 is 0 Å². The number of phenols is 1. The molecular formula is C26H31FN6OS. The number of nitrogens with one attached hydrogen (secondary N) is 1. The molecule has 2 aliphatic rings. The summed E-state index contributed by atoms with van der Waals surface area (Å²) in [7, 11) is 2.06. The van der Waals surface area contributed by atoms with E-state index in [1.807, 2.05) is 6.26 Å². The van der Waals surface area contributed by atoms with E-state index in [9.17, 15) is 9.50 Å². The zero-order chi connectivity index (χ0) is 24.8. The van der Waals surface area contributed by atoms with Gasteiger partial charge in [-0.3, -0.25) is 0 Å². The molecule has 0 amide bonds. The van der Waals surface area contributed by atoms with E-state index in [1.54, 1.807) is 24.4 Å². The van der Waals surface area contributed by atoms with Gasteiger partial charge in [-0.25, -0.2) is 14.4 Å². The summed E-state index contributed by atoms with van der Waals surface area (Å²) in [5.74, 6) is 0.571. The van der Waals surface area contributed by atoms with Crippen molar-refractivity contribution >= 4 is 17.6 Å². The molecule has 3 atom stereocenters. The van der Waals surface area contributed by atoms with Crippen molar-refractivity contribution in [1.29, 1.82) is 0 Å². The monoisotopic (exact) mass is 494 g/mol. The van der Waals surface area contributed by atoms with Gasteiger partial charge in [0.2, 0.25) is 0 Å². The minimum Gasteiger partial charge on any atom is -0.507 e. The predicted molar refractivity (Wildman–Crippen MR) is 137 cm³/mol. The molecule has 2 aliphatic heterocycles. The number of thioether (sulfide) groups is 1. The fourth-order valence-corrected chi connectivity index (χ4v) is 6.19. The van der Waals surface area contributed by atoms with Gasteiger partial charge < -0.3 is 15.3 Å². The Morgan fingerprint density at radius 1 is 1.06 bits per heavy atom. The summed E-state index contributed by atoms with van der Waals surface area (Å²) in [5, 5.41) is 24.0. The Hall–Kier alpha value is -2.78. The van der Waals surface area contributed by atoms with E-state index in [2.05, 4.69) is 51.3 Å². The van der Waals surface area contributed by atoms with Gasteiger partial charge in [-0.2, -0.15) is 0 Å². The molecule has 0 unspecified atom stereocenters. The van der Waals surface area contributed by atoms with Crippen LogP contribution in [0, 0.1) is 5.82 Å². The molecule has 2 N–H and O–H groups in total. The molecule has 0 saturated carbocycles. The first-order valence-corrected chi connectivity index (χ1v) is 13.2. The van der Waals surface area contributed by atoms with Crippen molar-refractivity contribution in [2.75, 3.05) is 18.2 Å². The molecular weight excluding hydrogens is 463 g/mol. The lowest BCUT2D eigenvalue weighted by Gasteiger charge is -2.55. The first kappa shape index (κ1) is 23.9. The van der Waals surface area contributed by atoms with Crippen molar-refractivity contribution in [3.05, 3.63) is 42.5 Å². The summed E-state index contributed by atoms with van der Waals surface area (Å²) in [4.78, 5) is 10.7. The van der Waals surface area contributed by atoms with Crippen molar-refractivity contribution in [2.24, 2.45) is 0 Å². The second-order valence-corrected chi connectivity index (χ2v) is 11.2. The lowest BCUT2D eigenvalue weighted by molar-refractivity contribution is 0.0784. The van der Waals surface area contributed by atoms with E-state index < -0.39 is 5.82 Å². The topological polar surface area (TPSA) is 87.1 Å². The summed E-state index contributed by atoms with van der Waals surface area (Å²) in [6.07, 6.45) is 10.5. The van der Waals surface area contributed by atoms with Crippen LogP contribution in [0.15, 0.2) is 41.7 Å². The average Bonchev–Trinajstić information content (AvgIpc) is 2.83. The van der Waals surface area contributed by atoms with Gasteiger partial charge in [0.1, 0.15) is 11.6 Å².